The minimum Gasteiger partial charge on any atom is -0.468 e. The van der Waals surface area contributed by atoms with Crippen LogP contribution in [0, 0.1) is 5.92 Å². The first-order valence-corrected chi connectivity index (χ1v) is 3.09. The third kappa shape index (κ3) is 2.19. The summed E-state index contributed by atoms with van der Waals surface area (Å²) in [4.78, 5) is 10.7. The quantitative estimate of drug-likeness (QED) is 0.457. The van der Waals surface area contributed by atoms with Gasteiger partial charge in [0.2, 0.25) is 0 Å². The van der Waals surface area contributed by atoms with Crippen LogP contribution in [0.4, 0.5) is 0 Å². The van der Waals surface area contributed by atoms with Gasteiger partial charge in [-0.1, -0.05) is 13.0 Å². The first-order valence-electron chi connectivity index (χ1n) is 3.09. The number of nitrogens with two attached hydrogens (primary N) is 1. The zero-order valence-electron chi connectivity index (χ0n) is 6.33. The van der Waals surface area contributed by atoms with Gasteiger partial charge in [0.1, 0.15) is 6.04 Å². The average Bonchev–Trinajstić information content (AvgIpc) is 2.00. The largest absolute Gasteiger partial charge is 0.468 e. The molecule has 0 radical (unpaired) electrons. The van der Waals surface area contributed by atoms with Crippen molar-refractivity contribution in [2.45, 2.75) is 13.0 Å². The second-order valence-electron chi connectivity index (χ2n) is 2.14. The monoisotopic (exact) mass is 143 g/mol. The van der Waals surface area contributed by atoms with Gasteiger partial charge >= 0.3 is 5.97 Å². The van der Waals surface area contributed by atoms with Crippen molar-refractivity contribution in [3.05, 3.63) is 12.7 Å². The summed E-state index contributed by atoms with van der Waals surface area (Å²) in [7, 11) is 1.32. The molecule has 3 heteroatoms. The van der Waals surface area contributed by atoms with Crippen LogP contribution in [0.5, 0.6) is 0 Å². The molecule has 0 saturated carbocycles. The molecule has 0 aromatic carbocycles. The summed E-state index contributed by atoms with van der Waals surface area (Å²) in [5, 5.41) is 0. The number of hydrogen-bond acceptors (Lipinski definition) is 3. The van der Waals surface area contributed by atoms with Gasteiger partial charge in [-0.2, -0.15) is 0 Å². The summed E-state index contributed by atoms with van der Waals surface area (Å²) in [5.41, 5.74) is 5.44. The van der Waals surface area contributed by atoms with Gasteiger partial charge in [-0.3, -0.25) is 4.79 Å². The predicted molar refractivity (Wildman–Crippen MR) is 39.4 cm³/mol. The van der Waals surface area contributed by atoms with Gasteiger partial charge in [0.15, 0.2) is 0 Å². The first kappa shape index (κ1) is 9.17. The lowest BCUT2D eigenvalue weighted by Gasteiger charge is -2.12. The zero-order valence-corrected chi connectivity index (χ0v) is 6.33. The van der Waals surface area contributed by atoms with Crippen molar-refractivity contribution in [1.29, 1.82) is 0 Å². The molecule has 0 aliphatic rings. The Hall–Kier alpha value is -0.830. The van der Waals surface area contributed by atoms with Crippen molar-refractivity contribution in [3.8, 4) is 0 Å². The first-order chi connectivity index (χ1) is 4.63. The maximum absolute atomic E-state index is 10.7. The smallest absolute Gasteiger partial charge is 0.323 e. The van der Waals surface area contributed by atoms with E-state index in [9.17, 15) is 4.79 Å². The van der Waals surface area contributed by atoms with Crippen LogP contribution in [0.25, 0.3) is 0 Å². The van der Waals surface area contributed by atoms with Crippen LogP contribution >= 0.6 is 0 Å². The van der Waals surface area contributed by atoms with Crippen molar-refractivity contribution in [2.24, 2.45) is 11.7 Å². The van der Waals surface area contributed by atoms with E-state index in [2.05, 4.69) is 11.3 Å². The van der Waals surface area contributed by atoms with Gasteiger partial charge < -0.3 is 10.5 Å². The summed E-state index contributed by atoms with van der Waals surface area (Å²) in [6.45, 7) is 5.32. The van der Waals surface area contributed by atoms with E-state index in [1.54, 1.807) is 6.08 Å². The lowest BCUT2D eigenvalue weighted by molar-refractivity contribution is -0.142. The number of hydrogen-bond donors (Lipinski definition) is 1. The second-order valence-corrected chi connectivity index (χ2v) is 2.14. The fraction of sp³-hybridized carbons (Fsp3) is 0.571. The fourth-order valence-corrected chi connectivity index (χ4v) is 0.497. The van der Waals surface area contributed by atoms with E-state index in [0.717, 1.165) is 0 Å². The van der Waals surface area contributed by atoms with Gasteiger partial charge in [0.05, 0.1) is 7.11 Å². The third-order valence-electron chi connectivity index (χ3n) is 1.41. The standard InChI is InChI=1S/C7H13NO2/c1-4-5(2)6(8)7(9)10-3/h4-6H,1,8H2,2-3H3/t5-,6+/m0/s1. The molecule has 0 aromatic heterocycles. The lowest BCUT2D eigenvalue weighted by atomic mass is 10.0. The van der Waals surface area contributed by atoms with Crippen LogP contribution in [-0.2, 0) is 9.53 Å². The normalized spacial score (nSPS) is 15.5. The van der Waals surface area contributed by atoms with Crippen molar-refractivity contribution in [3.63, 3.8) is 0 Å². The molecule has 0 aromatic rings. The molecule has 0 saturated heterocycles. The Morgan fingerprint density at radius 1 is 1.80 bits per heavy atom. The number of esters is 1. The Morgan fingerprint density at radius 2 is 2.30 bits per heavy atom. The molecule has 10 heavy (non-hydrogen) atoms. The van der Waals surface area contributed by atoms with Crippen molar-refractivity contribution < 1.29 is 9.53 Å². The Labute approximate surface area is 60.9 Å². The molecule has 0 amide bonds. The number of methoxy groups -OCH3 is 1. The summed E-state index contributed by atoms with van der Waals surface area (Å²) in [6.07, 6.45) is 1.63. The van der Waals surface area contributed by atoms with Crippen LogP contribution < -0.4 is 5.73 Å². The maximum atomic E-state index is 10.7. The van der Waals surface area contributed by atoms with E-state index >= 15 is 0 Å². The van der Waals surface area contributed by atoms with Crippen LogP contribution in [-0.4, -0.2) is 19.1 Å². The zero-order chi connectivity index (χ0) is 8.15. The van der Waals surface area contributed by atoms with Crippen LogP contribution in [0.3, 0.4) is 0 Å². The van der Waals surface area contributed by atoms with Gasteiger partial charge in [-0.25, -0.2) is 0 Å². The van der Waals surface area contributed by atoms with E-state index < -0.39 is 12.0 Å². The molecule has 0 bridgehead atoms. The highest BCUT2D eigenvalue weighted by Gasteiger charge is 2.18. The molecule has 0 unspecified atom stereocenters. The van der Waals surface area contributed by atoms with Gasteiger partial charge in [-0.05, 0) is 5.92 Å². The number of carbonyl (C=O) groups excluding carboxylic acids is 1. The SMILES string of the molecule is C=C[C@H](C)[C@@H](N)C(=O)OC. The summed E-state index contributed by atoms with van der Waals surface area (Å²) < 4.78 is 4.42. The highest BCUT2D eigenvalue weighted by Crippen LogP contribution is 2.01. The molecule has 2 N–H and O–H groups in total. The summed E-state index contributed by atoms with van der Waals surface area (Å²) in [5.74, 6) is -0.431. The highest BCUT2D eigenvalue weighted by molar-refractivity contribution is 5.75. The minimum atomic E-state index is -0.581. The molecule has 0 heterocycles. The van der Waals surface area contributed by atoms with Crippen molar-refractivity contribution in [2.75, 3.05) is 7.11 Å². The van der Waals surface area contributed by atoms with Crippen molar-refractivity contribution in [1.82, 2.24) is 0 Å². The highest BCUT2D eigenvalue weighted by atomic mass is 16.5. The molecule has 0 aliphatic heterocycles. The van der Waals surface area contributed by atoms with E-state index in [-0.39, 0.29) is 5.92 Å². The Morgan fingerprint density at radius 3 is 2.60 bits per heavy atom. The number of ether oxygens (including phenoxy) is 1. The second kappa shape index (κ2) is 4.06. The lowest BCUT2D eigenvalue weighted by Crippen LogP contribution is -2.36. The van der Waals surface area contributed by atoms with E-state index in [0.29, 0.717) is 0 Å². The topological polar surface area (TPSA) is 52.3 Å². The number of rotatable bonds is 3. The minimum absolute atomic E-state index is 0.0348. The van der Waals surface area contributed by atoms with Gasteiger partial charge in [0, 0.05) is 0 Å². The Kier molecular flexibility index (Phi) is 3.72. The van der Waals surface area contributed by atoms with E-state index in [4.69, 9.17) is 5.73 Å². The van der Waals surface area contributed by atoms with Gasteiger partial charge in [-0.15, -0.1) is 6.58 Å². The Bertz CT molecular complexity index is 134. The summed E-state index contributed by atoms with van der Waals surface area (Å²) in [6, 6.07) is -0.581. The van der Waals surface area contributed by atoms with Crippen molar-refractivity contribution >= 4 is 5.97 Å². The van der Waals surface area contributed by atoms with Gasteiger partial charge in [0.25, 0.3) is 0 Å². The summed E-state index contributed by atoms with van der Waals surface area (Å²) >= 11 is 0. The molecular weight excluding hydrogens is 130 g/mol. The fourth-order valence-electron chi connectivity index (χ4n) is 0.497. The molecule has 0 aliphatic carbocycles. The van der Waals surface area contributed by atoms with Crippen LogP contribution in [0.15, 0.2) is 12.7 Å². The third-order valence-corrected chi connectivity index (χ3v) is 1.41. The molecule has 0 spiro atoms. The molecular formula is C7H13NO2. The van der Waals surface area contributed by atoms with Crippen LogP contribution in [0.2, 0.25) is 0 Å². The Balaban J connectivity index is 3.93. The van der Waals surface area contributed by atoms with E-state index in [1.807, 2.05) is 6.92 Å². The molecule has 2 atom stereocenters. The molecule has 3 nitrogen and oxygen atoms in total. The average molecular weight is 143 g/mol. The van der Waals surface area contributed by atoms with E-state index in [1.165, 1.54) is 7.11 Å². The molecule has 0 fully saturated rings. The number of carbonyl (C=O) groups is 1. The molecule has 0 rings (SSSR count). The maximum Gasteiger partial charge on any atom is 0.323 e. The predicted octanol–water partition coefficient (Wildman–Crippen LogP) is 0.309. The molecule has 58 valence electrons. The van der Waals surface area contributed by atoms with Crippen LogP contribution in [0.1, 0.15) is 6.92 Å².